The van der Waals surface area contributed by atoms with E-state index < -0.39 is 11.5 Å². The number of anilines is 1. The van der Waals surface area contributed by atoms with Gasteiger partial charge in [0.2, 0.25) is 17.7 Å². The lowest BCUT2D eigenvalue weighted by molar-refractivity contribution is -0.135. The van der Waals surface area contributed by atoms with Crippen molar-refractivity contribution in [1.82, 2.24) is 15.1 Å². The van der Waals surface area contributed by atoms with Crippen LogP contribution in [0.1, 0.15) is 26.7 Å². The second-order valence-corrected chi connectivity index (χ2v) is 9.19. The zero-order chi connectivity index (χ0) is 22.2. The maximum absolute atomic E-state index is 13.1. The first kappa shape index (κ1) is 21.5. The molecule has 3 heterocycles. The number of benzene rings is 1. The number of nitrogens with zero attached hydrogens (tertiary/aromatic N) is 3. The van der Waals surface area contributed by atoms with Gasteiger partial charge in [-0.3, -0.25) is 14.4 Å². The number of nitrogens with one attached hydrogen (secondary N) is 1. The number of carbonyl (C=O) groups is 3. The number of ether oxygens (including phenoxy) is 1. The molecule has 168 valence electrons. The lowest BCUT2D eigenvalue weighted by Crippen LogP contribution is -2.53. The van der Waals surface area contributed by atoms with Gasteiger partial charge in [-0.1, -0.05) is 19.9 Å². The highest BCUT2D eigenvalue weighted by atomic mass is 16.5. The lowest BCUT2D eigenvalue weighted by atomic mass is 9.83. The minimum Gasteiger partial charge on any atom is -0.497 e. The minimum atomic E-state index is -0.618. The maximum Gasteiger partial charge on any atom is 0.245 e. The molecule has 3 fully saturated rings. The van der Waals surface area contributed by atoms with Crippen molar-refractivity contribution in [2.45, 2.75) is 32.7 Å². The highest BCUT2D eigenvalue weighted by Crippen LogP contribution is 2.40. The van der Waals surface area contributed by atoms with E-state index in [9.17, 15) is 14.4 Å². The van der Waals surface area contributed by atoms with Gasteiger partial charge >= 0.3 is 0 Å². The quantitative estimate of drug-likeness (QED) is 0.777. The number of amides is 3. The Labute approximate surface area is 183 Å². The molecule has 0 radical (unpaired) electrons. The smallest absolute Gasteiger partial charge is 0.245 e. The molecular weight excluding hydrogens is 396 g/mol. The van der Waals surface area contributed by atoms with Crippen LogP contribution < -0.4 is 15.0 Å². The van der Waals surface area contributed by atoms with Crippen molar-refractivity contribution in [2.75, 3.05) is 51.3 Å². The highest BCUT2D eigenvalue weighted by molar-refractivity contribution is 5.95. The van der Waals surface area contributed by atoms with Gasteiger partial charge in [0.25, 0.3) is 0 Å². The molecule has 31 heavy (non-hydrogen) atoms. The van der Waals surface area contributed by atoms with E-state index in [2.05, 4.69) is 10.2 Å². The topological polar surface area (TPSA) is 82.2 Å². The third-order valence-electron chi connectivity index (χ3n) is 6.85. The molecule has 0 unspecified atom stereocenters. The molecule has 3 aliphatic rings. The van der Waals surface area contributed by atoms with Crippen LogP contribution in [0.3, 0.4) is 0 Å². The molecule has 1 N–H and O–H groups in total. The number of methoxy groups -OCH3 is 1. The van der Waals surface area contributed by atoms with Crippen LogP contribution in [0.2, 0.25) is 0 Å². The largest absolute Gasteiger partial charge is 0.497 e. The predicted octanol–water partition coefficient (Wildman–Crippen LogP) is 1.11. The normalized spacial score (nSPS) is 26.0. The summed E-state index contributed by atoms with van der Waals surface area (Å²) >= 11 is 0. The molecule has 1 spiro atoms. The van der Waals surface area contributed by atoms with E-state index in [-0.39, 0.29) is 23.6 Å². The predicted molar refractivity (Wildman–Crippen MR) is 117 cm³/mol. The summed E-state index contributed by atoms with van der Waals surface area (Å²) in [5.41, 5.74) is 0.466. The van der Waals surface area contributed by atoms with Crippen LogP contribution >= 0.6 is 0 Å². The zero-order valence-corrected chi connectivity index (χ0v) is 18.6. The molecule has 1 aromatic carbocycles. The Morgan fingerprint density at radius 2 is 1.87 bits per heavy atom. The summed E-state index contributed by atoms with van der Waals surface area (Å²) in [4.78, 5) is 44.2. The Morgan fingerprint density at radius 3 is 2.55 bits per heavy atom. The fraction of sp³-hybridized carbons (Fsp3) is 0.609. The average molecular weight is 429 g/mol. The summed E-state index contributed by atoms with van der Waals surface area (Å²) in [7, 11) is 1.65. The van der Waals surface area contributed by atoms with E-state index in [4.69, 9.17) is 4.74 Å². The molecule has 4 rings (SSSR count). The van der Waals surface area contributed by atoms with Crippen LogP contribution in [0.4, 0.5) is 5.69 Å². The molecule has 0 aliphatic carbocycles. The van der Waals surface area contributed by atoms with Crippen molar-refractivity contribution < 1.29 is 19.1 Å². The van der Waals surface area contributed by atoms with Crippen LogP contribution in [0.15, 0.2) is 24.3 Å². The standard InChI is InChI=1S/C23H32N4O4/c1-16(2)20(28)27-8-7-23(15-27)14-19(24-22(23)30)21(29)26-11-9-25(10-12-26)17-5-4-6-18(13-17)31-3/h4-6,13,16,19H,7-12,14-15H2,1-3H3,(H,24,30)/t19-,23+/m0/s1. The molecule has 8 heteroatoms. The first-order valence-electron chi connectivity index (χ1n) is 11.1. The van der Waals surface area contributed by atoms with Crippen LogP contribution in [0.25, 0.3) is 0 Å². The van der Waals surface area contributed by atoms with Crippen molar-refractivity contribution in [2.24, 2.45) is 11.3 Å². The number of rotatable bonds is 4. The monoisotopic (exact) mass is 428 g/mol. The Morgan fingerprint density at radius 1 is 1.13 bits per heavy atom. The molecule has 0 saturated carbocycles. The lowest BCUT2D eigenvalue weighted by Gasteiger charge is -2.37. The first-order chi connectivity index (χ1) is 14.8. The van der Waals surface area contributed by atoms with Gasteiger partial charge in [0.15, 0.2) is 0 Å². The SMILES string of the molecule is COc1cccc(N2CCN(C(=O)[C@@H]3C[C@@]4(CCN(C(=O)C(C)C)C4)C(=O)N3)CC2)c1. The summed E-state index contributed by atoms with van der Waals surface area (Å²) in [6.45, 7) is 7.47. The summed E-state index contributed by atoms with van der Waals surface area (Å²) < 4.78 is 5.31. The van der Waals surface area contributed by atoms with Crippen LogP contribution in [0, 0.1) is 11.3 Å². The first-order valence-corrected chi connectivity index (χ1v) is 11.1. The summed E-state index contributed by atoms with van der Waals surface area (Å²) in [6.07, 6.45) is 1.10. The molecular formula is C23H32N4O4. The molecule has 8 nitrogen and oxygen atoms in total. The zero-order valence-electron chi connectivity index (χ0n) is 18.6. The number of hydrogen-bond donors (Lipinski definition) is 1. The van der Waals surface area contributed by atoms with E-state index in [1.807, 2.05) is 43.0 Å². The molecule has 1 aromatic rings. The highest BCUT2D eigenvalue weighted by Gasteiger charge is 2.54. The van der Waals surface area contributed by atoms with E-state index in [1.54, 1.807) is 12.0 Å². The van der Waals surface area contributed by atoms with E-state index in [1.165, 1.54) is 0 Å². The van der Waals surface area contributed by atoms with Gasteiger partial charge in [0.1, 0.15) is 11.8 Å². The number of hydrogen-bond acceptors (Lipinski definition) is 5. The Kier molecular flexibility index (Phi) is 5.81. The van der Waals surface area contributed by atoms with Gasteiger partial charge in [-0.05, 0) is 25.0 Å². The van der Waals surface area contributed by atoms with Crippen LogP contribution in [-0.2, 0) is 14.4 Å². The summed E-state index contributed by atoms with van der Waals surface area (Å²) in [5.74, 6) is 0.714. The minimum absolute atomic E-state index is 0.0100. The average Bonchev–Trinajstić information content (AvgIpc) is 3.36. The number of likely N-dealkylation sites (tertiary alicyclic amines) is 1. The van der Waals surface area contributed by atoms with Gasteiger partial charge in [-0.2, -0.15) is 0 Å². The van der Waals surface area contributed by atoms with Gasteiger partial charge in [-0.15, -0.1) is 0 Å². The Bertz CT molecular complexity index is 865. The fourth-order valence-corrected chi connectivity index (χ4v) is 4.99. The van der Waals surface area contributed by atoms with Crippen molar-refractivity contribution in [3.05, 3.63) is 24.3 Å². The van der Waals surface area contributed by atoms with E-state index in [0.717, 1.165) is 24.5 Å². The molecule has 3 saturated heterocycles. The number of piperazine rings is 1. The molecule has 2 atom stereocenters. The van der Waals surface area contributed by atoms with Crippen molar-refractivity contribution in [3.8, 4) is 5.75 Å². The summed E-state index contributed by atoms with van der Waals surface area (Å²) in [6, 6.07) is 7.44. The van der Waals surface area contributed by atoms with Gasteiger partial charge in [0, 0.05) is 56.9 Å². The van der Waals surface area contributed by atoms with Crippen LogP contribution in [-0.4, -0.2) is 79.9 Å². The molecule has 0 aromatic heterocycles. The number of carbonyl (C=O) groups excluding carboxylic acids is 3. The fourth-order valence-electron chi connectivity index (χ4n) is 4.99. The van der Waals surface area contributed by atoms with Crippen molar-refractivity contribution in [3.63, 3.8) is 0 Å². The van der Waals surface area contributed by atoms with Gasteiger partial charge in [0.05, 0.1) is 12.5 Å². The van der Waals surface area contributed by atoms with E-state index >= 15 is 0 Å². The van der Waals surface area contributed by atoms with Gasteiger partial charge in [-0.25, -0.2) is 0 Å². The molecule has 0 bridgehead atoms. The molecule has 3 amide bonds. The summed E-state index contributed by atoms with van der Waals surface area (Å²) in [5, 5.41) is 2.93. The van der Waals surface area contributed by atoms with Crippen LogP contribution in [0.5, 0.6) is 5.75 Å². The van der Waals surface area contributed by atoms with Crippen molar-refractivity contribution in [1.29, 1.82) is 0 Å². The second-order valence-electron chi connectivity index (χ2n) is 9.19. The Balaban J connectivity index is 1.35. The maximum atomic E-state index is 13.1. The van der Waals surface area contributed by atoms with Gasteiger partial charge < -0.3 is 24.8 Å². The third kappa shape index (κ3) is 4.07. The third-order valence-corrected chi connectivity index (χ3v) is 6.85. The van der Waals surface area contributed by atoms with Crippen molar-refractivity contribution >= 4 is 23.4 Å². The second kappa shape index (κ2) is 8.40. The van der Waals surface area contributed by atoms with E-state index in [0.29, 0.717) is 39.0 Å². The molecule has 3 aliphatic heterocycles. The Hall–Kier alpha value is -2.77.